The summed E-state index contributed by atoms with van der Waals surface area (Å²) >= 11 is 12.1. The second-order valence-electron chi connectivity index (χ2n) is 6.52. The van der Waals surface area contributed by atoms with Gasteiger partial charge in [0.05, 0.1) is 19.3 Å². The summed E-state index contributed by atoms with van der Waals surface area (Å²) in [5.74, 6) is 0.145. The van der Waals surface area contributed by atoms with E-state index in [2.05, 4.69) is 10.2 Å². The summed E-state index contributed by atoms with van der Waals surface area (Å²) in [4.78, 5) is 25.4. The van der Waals surface area contributed by atoms with Crippen molar-refractivity contribution in [1.29, 1.82) is 0 Å². The third-order valence-corrected chi connectivity index (χ3v) is 4.91. The molecule has 0 spiro atoms. The smallest absolute Gasteiger partial charge is 0.272 e. The fourth-order valence-electron chi connectivity index (χ4n) is 3.23. The van der Waals surface area contributed by atoms with Crippen LogP contribution in [0.5, 0.6) is 5.75 Å². The van der Waals surface area contributed by atoms with Crippen LogP contribution in [0, 0.1) is 0 Å². The first-order valence-electron chi connectivity index (χ1n) is 8.96. The topological polar surface area (TPSA) is 67.9 Å². The zero-order valence-corrected chi connectivity index (χ0v) is 16.6. The van der Waals surface area contributed by atoms with Gasteiger partial charge in [-0.05, 0) is 37.1 Å². The van der Waals surface area contributed by atoms with E-state index in [1.165, 1.54) is 0 Å². The Morgan fingerprint density at radius 2 is 1.96 bits per heavy atom. The van der Waals surface area contributed by atoms with Crippen molar-refractivity contribution in [2.45, 2.75) is 26.0 Å². The summed E-state index contributed by atoms with van der Waals surface area (Å²) in [5.41, 5.74) is 0.279. The van der Waals surface area contributed by atoms with E-state index in [0.717, 1.165) is 31.6 Å². The lowest BCUT2D eigenvalue weighted by atomic mass is 10.1. The summed E-state index contributed by atoms with van der Waals surface area (Å²) < 4.78 is 11.0. The van der Waals surface area contributed by atoms with E-state index in [1.807, 2.05) is 12.1 Å². The number of benzene rings is 1. The van der Waals surface area contributed by atoms with Crippen molar-refractivity contribution >= 4 is 28.9 Å². The molecular weight excluding hydrogens is 391 g/mol. The summed E-state index contributed by atoms with van der Waals surface area (Å²) in [6.07, 6.45) is 0.764. The van der Waals surface area contributed by atoms with Crippen LogP contribution in [0.25, 0.3) is 0 Å². The number of nitrogens with one attached hydrogen (secondary N) is 1. The third kappa shape index (κ3) is 5.02. The van der Waals surface area contributed by atoms with Gasteiger partial charge in [-0.25, -0.2) is 0 Å². The zero-order valence-electron chi connectivity index (χ0n) is 15.1. The molecule has 3 rings (SSSR count). The van der Waals surface area contributed by atoms with Crippen molar-refractivity contribution in [1.82, 2.24) is 4.90 Å². The van der Waals surface area contributed by atoms with E-state index >= 15 is 0 Å². The summed E-state index contributed by atoms with van der Waals surface area (Å²) in [6.45, 7) is 5.67. The molecule has 8 heteroatoms. The van der Waals surface area contributed by atoms with Crippen LogP contribution in [0.2, 0.25) is 10.0 Å². The molecule has 0 aliphatic carbocycles. The van der Waals surface area contributed by atoms with Crippen LogP contribution < -0.4 is 20.9 Å². The SMILES string of the molecule is CCOc1c(NCCC2CN(Cc3cc(Cl)cc(Cl)c3)CCO2)c(=O)c1=O. The van der Waals surface area contributed by atoms with Gasteiger partial charge in [0.1, 0.15) is 5.69 Å². The lowest BCUT2D eigenvalue weighted by Crippen LogP contribution is -2.43. The van der Waals surface area contributed by atoms with Crippen LogP contribution in [0.1, 0.15) is 18.9 Å². The fourth-order valence-corrected chi connectivity index (χ4v) is 3.80. The Labute approximate surface area is 167 Å². The molecule has 1 unspecified atom stereocenters. The van der Waals surface area contributed by atoms with E-state index in [1.54, 1.807) is 13.0 Å². The molecule has 1 aliphatic rings. The van der Waals surface area contributed by atoms with E-state index in [-0.39, 0.29) is 17.5 Å². The van der Waals surface area contributed by atoms with Crippen molar-refractivity contribution < 1.29 is 9.47 Å². The molecule has 0 amide bonds. The molecule has 146 valence electrons. The first-order valence-corrected chi connectivity index (χ1v) is 9.72. The maximum absolute atomic E-state index is 11.6. The second kappa shape index (κ2) is 9.06. The lowest BCUT2D eigenvalue weighted by Gasteiger charge is -2.33. The Morgan fingerprint density at radius 3 is 2.67 bits per heavy atom. The predicted molar refractivity (Wildman–Crippen MR) is 107 cm³/mol. The van der Waals surface area contributed by atoms with E-state index in [9.17, 15) is 9.59 Å². The van der Waals surface area contributed by atoms with Gasteiger partial charge < -0.3 is 14.8 Å². The van der Waals surface area contributed by atoms with Crippen molar-refractivity contribution in [3.05, 3.63) is 54.3 Å². The minimum absolute atomic E-state index is 0.0444. The number of morpholine rings is 1. The Hall–Kier alpha value is -1.60. The third-order valence-electron chi connectivity index (χ3n) is 4.47. The fraction of sp³-hybridized carbons (Fsp3) is 0.474. The minimum Gasteiger partial charge on any atom is -0.488 e. The van der Waals surface area contributed by atoms with Crippen molar-refractivity contribution in [2.24, 2.45) is 0 Å². The average Bonchev–Trinajstić information content (AvgIpc) is 2.63. The van der Waals surface area contributed by atoms with Crippen LogP contribution in [0.15, 0.2) is 27.8 Å². The maximum Gasteiger partial charge on any atom is 0.272 e. The van der Waals surface area contributed by atoms with Gasteiger partial charge in [0.15, 0.2) is 5.75 Å². The molecule has 1 fully saturated rings. The number of ether oxygens (including phenoxy) is 2. The van der Waals surface area contributed by atoms with Gasteiger partial charge in [-0.2, -0.15) is 0 Å². The molecule has 1 heterocycles. The highest BCUT2D eigenvalue weighted by Gasteiger charge is 2.24. The van der Waals surface area contributed by atoms with Gasteiger partial charge in [-0.1, -0.05) is 23.2 Å². The van der Waals surface area contributed by atoms with E-state index in [0.29, 0.717) is 29.8 Å². The molecule has 2 aromatic carbocycles. The van der Waals surface area contributed by atoms with Crippen LogP contribution in [-0.4, -0.2) is 43.9 Å². The van der Waals surface area contributed by atoms with Gasteiger partial charge >= 0.3 is 0 Å². The first-order chi connectivity index (χ1) is 13.0. The summed E-state index contributed by atoms with van der Waals surface area (Å²) in [5, 5.41) is 4.27. The highest BCUT2D eigenvalue weighted by molar-refractivity contribution is 6.34. The highest BCUT2D eigenvalue weighted by Crippen LogP contribution is 2.22. The van der Waals surface area contributed by atoms with Gasteiger partial charge in [0.2, 0.25) is 0 Å². The number of rotatable bonds is 8. The van der Waals surface area contributed by atoms with Crippen molar-refractivity contribution in [3.8, 4) is 5.75 Å². The molecule has 1 aliphatic heterocycles. The van der Waals surface area contributed by atoms with Crippen LogP contribution >= 0.6 is 23.2 Å². The number of anilines is 1. The molecule has 6 nitrogen and oxygen atoms in total. The van der Waals surface area contributed by atoms with Crippen LogP contribution in [-0.2, 0) is 11.3 Å². The van der Waals surface area contributed by atoms with Gasteiger partial charge in [-0.3, -0.25) is 14.5 Å². The largest absolute Gasteiger partial charge is 0.488 e. The number of nitrogens with zero attached hydrogens (tertiary/aromatic N) is 1. The van der Waals surface area contributed by atoms with Gasteiger partial charge in [0.25, 0.3) is 10.9 Å². The Balaban J connectivity index is 1.49. The monoisotopic (exact) mass is 412 g/mol. The maximum atomic E-state index is 11.6. The minimum atomic E-state index is -0.556. The number of hydrogen-bond acceptors (Lipinski definition) is 6. The number of halogens is 2. The Bertz CT molecular complexity index is 844. The highest BCUT2D eigenvalue weighted by atomic mass is 35.5. The van der Waals surface area contributed by atoms with E-state index in [4.69, 9.17) is 32.7 Å². The Morgan fingerprint density at radius 1 is 1.22 bits per heavy atom. The predicted octanol–water partition coefficient (Wildman–Crippen LogP) is 2.69. The standard InChI is InChI=1S/C19H22Cl2N2O4/c1-2-26-19-16(17(24)18(19)25)22-4-3-15-11-23(5-6-27-15)10-12-7-13(20)9-14(21)8-12/h7-9,15,22H,2-6,10-11H2,1H3. The van der Waals surface area contributed by atoms with Crippen LogP contribution in [0.4, 0.5) is 5.69 Å². The molecule has 0 bridgehead atoms. The van der Waals surface area contributed by atoms with E-state index < -0.39 is 10.9 Å². The average molecular weight is 413 g/mol. The molecule has 1 atom stereocenters. The summed E-state index contributed by atoms with van der Waals surface area (Å²) in [6, 6.07) is 5.55. The zero-order chi connectivity index (χ0) is 19.4. The molecule has 27 heavy (non-hydrogen) atoms. The van der Waals surface area contributed by atoms with Crippen molar-refractivity contribution in [2.75, 3.05) is 38.2 Å². The molecule has 2 aromatic rings. The van der Waals surface area contributed by atoms with Crippen molar-refractivity contribution in [3.63, 3.8) is 0 Å². The molecule has 1 saturated heterocycles. The first kappa shape index (κ1) is 20.1. The Kier molecular flexibility index (Phi) is 6.76. The number of hydrogen-bond donors (Lipinski definition) is 1. The van der Waals surface area contributed by atoms with Gasteiger partial charge in [-0.15, -0.1) is 0 Å². The molecule has 0 aromatic heterocycles. The molecular formula is C19H22Cl2N2O4. The van der Waals surface area contributed by atoms with Crippen LogP contribution in [0.3, 0.4) is 0 Å². The van der Waals surface area contributed by atoms with Gasteiger partial charge in [0, 0.05) is 36.2 Å². The summed E-state index contributed by atoms with van der Waals surface area (Å²) in [7, 11) is 0. The molecule has 1 N–H and O–H groups in total. The second-order valence-corrected chi connectivity index (χ2v) is 7.39. The molecule has 0 saturated carbocycles. The molecule has 0 radical (unpaired) electrons. The quantitative estimate of drug-likeness (QED) is 0.672. The normalized spacial score (nSPS) is 18.0. The lowest BCUT2D eigenvalue weighted by molar-refractivity contribution is -0.0330.